The van der Waals surface area contributed by atoms with Crippen LogP contribution in [0.4, 0.5) is 0 Å². The van der Waals surface area contributed by atoms with Gasteiger partial charge in [-0.05, 0) is 12.8 Å². The molecular weight excluding hydrogens is 256 g/mol. The van der Waals surface area contributed by atoms with E-state index in [1.165, 1.54) is 4.90 Å². The van der Waals surface area contributed by atoms with E-state index in [1.54, 1.807) is 0 Å². The average molecular weight is 276 g/mol. The molecule has 0 saturated heterocycles. The summed E-state index contributed by atoms with van der Waals surface area (Å²) < 4.78 is 0. The standard InChI is InChI=1S/C11H20N2O6/c1-2-8(12-5-9(14)15)3-4-13(6-10(16)17)7-11(18)19/h8,12H,2-7H2,1H3,(H,14,15)(H,16,17)(H,18,19)/t8-/m0/s1. The van der Waals surface area contributed by atoms with Gasteiger partial charge in [0.1, 0.15) is 0 Å². The Kier molecular flexibility index (Phi) is 8.47. The Hall–Kier alpha value is -1.67. The Morgan fingerprint density at radius 1 is 1.05 bits per heavy atom. The Bertz CT molecular complexity index is 304. The molecule has 0 radical (unpaired) electrons. The molecule has 0 aliphatic carbocycles. The van der Waals surface area contributed by atoms with Crippen LogP contribution in [0.2, 0.25) is 0 Å². The molecule has 8 nitrogen and oxygen atoms in total. The summed E-state index contributed by atoms with van der Waals surface area (Å²) in [6, 6.07) is -0.0822. The normalized spacial score (nSPS) is 12.3. The van der Waals surface area contributed by atoms with Crippen molar-refractivity contribution < 1.29 is 29.7 Å². The fourth-order valence-electron chi connectivity index (χ4n) is 1.62. The molecule has 19 heavy (non-hydrogen) atoms. The molecule has 0 unspecified atom stereocenters. The van der Waals surface area contributed by atoms with Gasteiger partial charge in [0.05, 0.1) is 19.6 Å². The Balaban J connectivity index is 4.21. The molecule has 0 fully saturated rings. The Labute approximate surface area is 111 Å². The molecule has 0 aromatic carbocycles. The first-order chi connectivity index (χ1) is 8.85. The summed E-state index contributed by atoms with van der Waals surface area (Å²) in [7, 11) is 0. The van der Waals surface area contributed by atoms with Crippen molar-refractivity contribution in [3.05, 3.63) is 0 Å². The molecule has 0 aliphatic rings. The van der Waals surface area contributed by atoms with Crippen LogP contribution in [0.5, 0.6) is 0 Å². The van der Waals surface area contributed by atoms with E-state index in [-0.39, 0.29) is 32.2 Å². The smallest absolute Gasteiger partial charge is 0.317 e. The second-order valence-corrected chi connectivity index (χ2v) is 4.17. The van der Waals surface area contributed by atoms with Crippen molar-refractivity contribution in [2.45, 2.75) is 25.8 Å². The summed E-state index contributed by atoms with van der Waals surface area (Å²) in [5.74, 6) is -3.15. The number of rotatable bonds is 11. The zero-order valence-corrected chi connectivity index (χ0v) is 10.8. The number of carboxylic acids is 3. The van der Waals surface area contributed by atoms with E-state index in [4.69, 9.17) is 15.3 Å². The van der Waals surface area contributed by atoms with E-state index in [2.05, 4.69) is 5.32 Å². The third-order valence-electron chi connectivity index (χ3n) is 2.55. The largest absolute Gasteiger partial charge is 0.480 e. The first kappa shape index (κ1) is 17.3. The zero-order chi connectivity index (χ0) is 14.8. The quantitative estimate of drug-likeness (QED) is 0.390. The van der Waals surface area contributed by atoms with Crippen LogP contribution in [0.15, 0.2) is 0 Å². The van der Waals surface area contributed by atoms with Crippen LogP contribution in [-0.4, -0.2) is 70.3 Å². The fraction of sp³-hybridized carbons (Fsp3) is 0.727. The minimum absolute atomic E-state index is 0.0822. The monoisotopic (exact) mass is 276 g/mol. The minimum atomic E-state index is -1.09. The predicted octanol–water partition coefficient (Wildman–Crippen LogP) is -0.699. The van der Waals surface area contributed by atoms with Crippen molar-refractivity contribution in [2.24, 2.45) is 0 Å². The van der Waals surface area contributed by atoms with Crippen molar-refractivity contribution >= 4 is 17.9 Å². The fourth-order valence-corrected chi connectivity index (χ4v) is 1.62. The maximum atomic E-state index is 10.6. The molecule has 0 aliphatic heterocycles. The minimum Gasteiger partial charge on any atom is -0.480 e. The van der Waals surface area contributed by atoms with Crippen LogP contribution in [0, 0.1) is 0 Å². The van der Waals surface area contributed by atoms with Gasteiger partial charge in [-0.15, -0.1) is 0 Å². The molecule has 8 heteroatoms. The molecule has 110 valence electrons. The van der Waals surface area contributed by atoms with Gasteiger partial charge in [-0.3, -0.25) is 19.3 Å². The number of hydrogen-bond donors (Lipinski definition) is 4. The van der Waals surface area contributed by atoms with Crippen LogP contribution in [-0.2, 0) is 14.4 Å². The van der Waals surface area contributed by atoms with E-state index < -0.39 is 17.9 Å². The van der Waals surface area contributed by atoms with Gasteiger partial charge in [-0.2, -0.15) is 0 Å². The molecule has 0 saturated carbocycles. The maximum absolute atomic E-state index is 10.6. The van der Waals surface area contributed by atoms with Crippen LogP contribution < -0.4 is 5.32 Å². The highest BCUT2D eigenvalue weighted by atomic mass is 16.4. The molecule has 0 amide bonds. The van der Waals surface area contributed by atoms with Crippen molar-refractivity contribution in [1.29, 1.82) is 0 Å². The molecule has 0 rings (SSSR count). The summed E-state index contributed by atoms with van der Waals surface area (Å²) in [5, 5.41) is 28.7. The summed E-state index contributed by atoms with van der Waals surface area (Å²) in [5.41, 5.74) is 0. The molecule has 1 atom stereocenters. The number of carboxylic acid groups (broad SMARTS) is 3. The zero-order valence-electron chi connectivity index (χ0n) is 10.8. The lowest BCUT2D eigenvalue weighted by molar-refractivity contribution is -0.142. The van der Waals surface area contributed by atoms with Crippen LogP contribution in [0.3, 0.4) is 0 Å². The molecular formula is C11H20N2O6. The molecule has 0 aromatic rings. The number of carbonyl (C=O) groups is 3. The lowest BCUT2D eigenvalue weighted by atomic mass is 10.1. The van der Waals surface area contributed by atoms with Gasteiger partial charge < -0.3 is 20.6 Å². The van der Waals surface area contributed by atoms with Gasteiger partial charge in [0.25, 0.3) is 0 Å². The van der Waals surface area contributed by atoms with Gasteiger partial charge in [0, 0.05) is 12.6 Å². The van der Waals surface area contributed by atoms with Gasteiger partial charge in [-0.25, -0.2) is 0 Å². The number of nitrogens with one attached hydrogen (secondary N) is 1. The van der Waals surface area contributed by atoms with E-state index in [1.807, 2.05) is 6.92 Å². The highest BCUT2D eigenvalue weighted by molar-refractivity contribution is 5.72. The van der Waals surface area contributed by atoms with Gasteiger partial charge in [0.2, 0.25) is 0 Å². The lowest BCUT2D eigenvalue weighted by Crippen LogP contribution is -2.40. The Morgan fingerprint density at radius 2 is 1.58 bits per heavy atom. The lowest BCUT2D eigenvalue weighted by Gasteiger charge is -2.22. The number of aliphatic carboxylic acids is 3. The maximum Gasteiger partial charge on any atom is 0.317 e. The highest BCUT2D eigenvalue weighted by Crippen LogP contribution is 2.01. The average Bonchev–Trinajstić information content (AvgIpc) is 2.27. The predicted molar refractivity (Wildman–Crippen MR) is 66.0 cm³/mol. The van der Waals surface area contributed by atoms with Crippen molar-refractivity contribution in [3.8, 4) is 0 Å². The third-order valence-corrected chi connectivity index (χ3v) is 2.55. The molecule has 0 aromatic heterocycles. The molecule has 4 N–H and O–H groups in total. The topological polar surface area (TPSA) is 127 Å². The van der Waals surface area contributed by atoms with Crippen molar-refractivity contribution in [3.63, 3.8) is 0 Å². The summed E-state index contributed by atoms with van der Waals surface area (Å²) in [6.45, 7) is 1.29. The van der Waals surface area contributed by atoms with Gasteiger partial charge in [-0.1, -0.05) is 6.92 Å². The van der Waals surface area contributed by atoms with E-state index >= 15 is 0 Å². The van der Waals surface area contributed by atoms with E-state index in [9.17, 15) is 14.4 Å². The van der Waals surface area contributed by atoms with Gasteiger partial charge in [0.15, 0.2) is 0 Å². The van der Waals surface area contributed by atoms with Gasteiger partial charge >= 0.3 is 17.9 Å². The molecule has 0 heterocycles. The van der Waals surface area contributed by atoms with Crippen LogP contribution >= 0.6 is 0 Å². The summed E-state index contributed by atoms with van der Waals surface area (Å²) >= 11 is 0. The molecule has 0 bridgehead atoms. The third kappa shape index (κ3) is 9.98. The van der Waals surface area contributed by atoms with Crippen LogP contribution in [0.1, 0.15) is 19.8 Å². The van der Waals surface area contributed by atoms with E-state index in [0.717, 1.165) is 0 Å². The summed E-state index contributed by atoms with van der Waals surface area (Å²) in [6.07, 6.45) is 1.17. The molecule has 0 spiro atoms. The highest BCUT2D eigenvalue weighted by Gasteiger charge is 2.15. The number of hydrogen-bond acceptors (Lipinski definition) is 5. The van der Waals surface area contributed by atoms with E-state index in [0.29, 0.717) is 12.8 Å². The SMILES string of the molecule is CC[C@@H](CCN(CC(=O)O)CC(=O)O)NCC(=O)O. The first-order valence-electron chi connectivity index (χ1n) is 5.96. The second-order valence-electron chi connectivity index (χ2n) is 4.17. The number of nitrogens with zero attached hydrogens (tertiary/aromatic N) is 1. The first-order valence-corrected chi connectivity index (χ1v) is 5.96. The Morgan fingerprint density at radius 3 is 1.95 bits per heavy atom. The van der Waals surface area contributed by atoms with Crippen LogP contribution in [0.25, 0.3) is 0 Å². The summed E-state index contributed by atoms with van der Waals surface area (Å²) in [4.78, 5) is 32.9. The van der Waals surface area contributed by atoms with Crippen molar-refractivity contribution in [1.82, 2.24) is 10.2 Å². The van der Waals surface area contributed by atoms with Crippen molar-refractivity contribution in [2.75, 3.05) is 26.2 Å². The second kappa shape index (κ2) is 9.29.